The number of aromatic nitrogens is 3. The second-order valence-corrected chi connectivity index (χ2v) is 6.09. The summed E-state index contributed by atoms with van der Waals surface area (Å²) in [6.07, 6.45) is 8.75. The Balaban J connectivity index is 1.70. The Morgan fingerprint density at radius 1 is 1.37 bits per heavy atom. The van der Waals surface area contributed by atoms with Crippen LogP contribution in [0, 0.1) is 3.57 Å². The number of nitrogens with one attached hydrogen (secondary N) is 1. The van der Waals surface area contributed by atoms with Crippen molar-refractivity contribution in [2.45, 2.75) is 37.8 Å². The van der Waals surface area contributed by atoms with E-state index in [9.17, 15) is 0 Å². The van der Waals surface area contributed by atoms with Gasteiger partial charge in [0.1, 0.15) is 5.82 Å². The number of rotatable bonds is 3. The van der Waals surface area contributed by atoms with E-state index in [1.165, 1.54) is 0 Å². The number of methoxy groups -OCH3 is 1. The third-order valence-corrected chi connectivity index (χ3v) is 4.45. The van der Waals surface area contributed by atoms with Crippen LogP contribution in [0.1, 0.15) is 25.7 Å². The van der Waals surface area contributed by atoms with E-state index in [-0.39, 0.29) is 0 Å². The average molecular weight is 372 g/mol. The molecule has 0 aromatic carbocycles. The minimum atomic E-state index is 0.435. The lowest BCUT2D eigenvalue weighted by molar-refractivity contribution is 0.0681. The summed E-state index contributed by atoms with van der Waals surface area (Å²) < 4.78 is 8.27. The van der Waals surface area contributed by atoms with E-state index < -0.39 is 0 Å². The highest BCUT2D eigenvalue weighted by Crippen LogP contribution is 2.23. The molecule has 0 atom stereocenters. The van der Waals surface area contributed by atoms with Gasteiger partial charge in [0.25, 0.3) is 0 Å². The number of hydrogen-bond acceptors (Lipinski definition) is 4. The number of ether oxygens (including phenoxy) is 1. The van der Waals surface area contributed by atoms with Crippen molar-refractivity contribution in [2.75, 3.05) is 12.4 Å². The quantitative estimate of drug-likeness (QED) is 0.842. The number of fused-ring (bicyclic) bond motifs is 1. The predicted octanol–water partition coefficient (Wildman–Crippen LogP) is 2.70. The molecule has 2 aromatic heterocycles. The van der Waals surface area contributed by atoms with Crippen molar-refractivity contribution in [3.8, 4) is 0 Å². The third kappa shape index (κ3) is 2.84. The van der Waals surface area contributed by atoms with Crippen LogP contribution >= 0.6 is 22.6 Å². The first kappa shape index (κ1) is 13.1. The van der Waals surface area contributed by atoms with Crippen molar-refractivity contribution in [3.63, 3.8) is 0 Å². The van der Waals surface area contributed by atoms with Crippen LogP contribution in [0.25, 0.3) is 5.65 Å². The Morgan fingerprint density at radius 3 is 2.89 bits per heavy atom. The van der Waals surface area contributed by atoms with Crippen molar-refractivity contribution in [3.05, 3.63) is 22.0 Å². The summed E-state index contributed by atoms with van der Waals surface area (Å²) in [6, 6.07) is 2.49. The van der Waals surface area contributed by atoms with Gasteiger partial charge in [-0.05, 0) is 54.3 Å². The highest BCUT2D eigenvalue weighted by atomic mass is 127. The van der Waals surface area contributed by atoms with Crippen LogP contribution in [-0.4, -0.2) is 33.9 Å². The van der Waals surface area contributed by atoms with Crippen LogP contribution in [0.3, 0.4) is 0 Å². The molecule has 2 aromatic rings. The van der Waals surface area contributed by atoms with E-state index in [4.69, 9.17) is 4.74 Å². The molecule has 1 aliphatic rings. The van der Waals surface area contributed by atoms with Gasteiger partial charge in [0.15, 0.2) is 5.65 Å². The van der Waals surface area contributed by atoms with Crippen molar-refractivity contribution in [1.29, 1.82) is 0 Å². The fourth-order valence-electron chi connectivity index (χ4n) is 2.57. The summed E-state index contributed by atoms with van der Waals surface area (Å²) in [5.41, 5.74) is 0.913. The number of hydrogen-bond donors (Lipinski definition) is 1. The van der Waals surface area contributed by atoms with E-state index in [1.807, 2.05) is 18.5 Å². The molecular weight excluding hydrogens is 355 g/mol. The van der Waals surface area contributed by atoms with Crippen LogP contribution in [0.4, 0.5) is 5.82 Å². The summed E-state index contributed by atoms with van der Waals surface area (Å²) in [7, 11) is 1.80. The summed E-state index contributed by atoms with van der Waals surface area (Å²) in [6.45, 7) is 0. The minimum Gasteiger partial charge on any atom is -0.381 e. The monoisotopic (exact) mass is 372 g/mol. The molecule has 3 rings (SSSR count). The topological polar surface area (TPSA) is 51.5 Å². The molecule has 5 nitrogen and oxygen atoms in total. The maximum Gasteiger partial charge on any atom is 0.170 e. The Bertz CT molecular complexity index is 563. The Kier molecular flexibility index (Phi) is 3.88. The number of halogens is 1. The smallest absolute Gasteiger partial charge is 0.170 e. The van der Waals surface area contributed by atoms with Gasteiger partial charge < -0.3 is 10.1 Å². The second-order valence-electron chi connectivity index (χ2n) is 4.93. The van der Waals surface area contributed by atoms with Gasteiger partial charge in [-0.3, -0.25) is 0 Å². The van der Waals surface area contributed by atoms with Gasteiger partial charge in [0.05, 0.1) is 15.9 Å². The highest BCUT2D eigenvalue weighted by Gasteiger charge is 2.20. The molecule has 0 amide bonds. The second kappa shape index (κ2) is 5.62. The minimum absolute atomic E-state index is 0.435. The van der Waals surface area contributed by atoms with E-state index in [1.54, 1.807) is 11.6 Å². The first-order chi connectivity index (χ1) is 9.26. The molecule has 1 saturated carbocycles. The molecule has 0 aliphatic heterocycles. The van der Waals surface area contributed by atoms with Crippen molar-refractivity contribution in [1.82, 2.24) is 14.6 Å². The van der Waals surface area contributed by atoms with Gasteiger partial charge >= 0.3 is 0 Å². The average Bonchev–Trinajstić information content (AvgIpc) is 2.81. The Morgan fingerprint density at radius 2 is 2.16 bits per heavy atom. The van der Waals surface area contributed by atoms with Gasteiger partial charge in [0.2, 0.25) is 0 Å². The van der Waals surface area contributed by atoms with Crippen LogP contribution in [0.2, 0.25) is 0 Å². The highest BCUT2D eigenvalue weighted by molar-refractivity contribution is 14.1. The lowest BCUT2D eigenvalue weighted by Crippen LogP contribution is -2.29. The molecule has 0 spiro atoms. The lowest BCUT2D eigenvalue weighted by Gasteiger charge is -2.28. The van der Waals surface area contributed by atoms with Gasteiger partial charge in [-0.2, -0.15) is 5.10 Å². The fourth-order valence-corrected chi connectivity index (χ4v) is 3.07. The molecule has 0 bridgehead atoms. The zero-order valence-electron chi connectivity index (χ0n) is 10.8. The molecule has 19 heavy (non-hydrogen) atoms. The number of anilines is 1. The largest absolute Gasteiger partial charge is 0.381 e. The Labute approximate surface area is 125 Å². The number of nitrogens with zero attached hydrogens (tertiary/aromatic N) is 3. The first-order valence-corrected chi connectivity index (χ1v) is 7.63. The SMILES string of the molecule is COC1CCC(Nc2ccn3ncc(I)c3n2)CC1. The Hall–Kier alpha value is -0.890. The molecule has 2 heterocycles. The molecule has 0 radical (unpaired) electrons. The molecule has 0 unspecified atom stereocenters. The predicted molar refractivity (Wildman–Crippen MR) is 82.4 cm³/mol. The van der Waals surface area contributed by atoms with Crippen LogP contribution in [0.15, 0.2) is 18.5 Å². The van der Waals surface area contributed by atoms with Crippen molar-refractivity contribution in [2.24, 2.45) is 0 Å². The van der Waals surface area contributed by atoms with E-state index in [2.05, 4.69) is 38.0 Å². The molecule has 6 heteroatoms. The lowest BCUT2D eigenvalue weighted by atomic mass is 9.93. The molecule has 1 fully saturated rings. The zero-order valence-corrected chi connectivity index (χ0v) is 13.0. The van der Waals surface area contributed by atoms with Gasteiger partial charge in [0, 0.05) is 19.3 Å². The van der Waals surface area contributed by atoms with Gasteiger partial charge in [-0.15, -0.1) is 0 Å². The first-order valence-electron chi connectivity index (χ1n) is 6.55. The van der Waals surface area contributed by atoms with Crippen LogP contribution < -0.4 is 5.32 Å². The van der Waals surface area contributed by atoms with Gasteiger partial charge in [-0.25, -0.2) is 9.50 Å². The van der Waals surface area contributed by atoms with Crippen molar-refractivity contribution < 1.29 is 4.74 Å². The summed E-state index contributed by atoms with van der Waals surface area (Å²) in [4.78, 5) is 4.62. The normalized spacial score (nSPS) is 23.7. The summed E-state index contributed by atoms with van der Waals surface area (Å²) in [5.74, 6) is 0.937. The summed E-state index contributed by atoms with van der Waals surface area (Å²) in [5, 5.41) is 7.75. The van der Waals surface area contributed by atoms with Crippen LogP contribution in [0.5, 0.6) is 0 Å². The molecule has 1 N–H and O–H groups in total. The zero-order chi connectivity index (χ0) is 13.2. The summed E-state index contributed by atoms with van der Waals surface area (Å²) >= 11 is 2.26. The maximum atomic E-state index is 5.40. The molecule has 102 valence electrons. The molecular formula is C13H17IN4O. The fraction of sp³-hybridized carbons (Fsp3) is 0.538. The standard InChI is InChI=1S/C13H17IN4O/c1-19-10-4-2-9(3-5-10)16-12-6-7-18-13(17-12)11(14)8-15-18/h6-10H,2-5H2,1H3,(H,16,17). The third-order valence-electron chi connectivity index (χ3n) is 3.69. The molecule has 1 aliphatic carbocycles. The van der Waals surface area contributed by atoms with E-state index >= 15 is 0 Å². The van der Waals surface area contributed by atoms with E-state index in [0.717, 1.165) is 40.7 Å². The van der Waals surface area contributed by atoms with E-state index in [0.29, 0.717) is 12.1 Å². The van der Waals surface area contributed by atoms with Crippen LogP contribution in [-0.2, 0) is 4.74 Å². The van der Waals surface area contributed by atoms with Crippen molar-refractivity contribution >= 4 is 34.1 Å². The maximum absolute atomic E-state index is 5.40. The van der Waals surface area contributed by atoms with Gasteiger partial charge in [-0.1, -0.05) is 0 Å². The molecule has 0 saturated heterocycles.